The van der Waals surface area contributed by atoms with Crippen LogP contribution in [0.1, 0.15) is 28.8 Å². The van der Waals surface area contributed by atoms with Crippen molar-refractivity contribution in [2.45, 2.75) is 24.9 Å². The summed E-state index contributed by atoms with van der Waals surface area (Å²) in [6, 6.07) is 1.10. The standard InChI is InChI=1S/C21H21FN2O7/c1-24(2)11-6-10(22)16(26)14-9(11)4-7-3-8-5-12(25)15(20(23)30)19(29)21(8,31)18(28)13(7)17(14)27/h6-8,25-26,28,31H,3-5H2,1-2H3,(H2,23,30)/t7?,8-,21-/m0/s1. The van der Waals surface area contributed by atoms with E-state index in [2.05, 4.69) is 0 Å². The van der Waals surface area contributed by atoms with Gasteiger partial charge in [0, 0.05) is 43.8 Å². The molecule has 0 spiro atoms. The Hall–Kier alpha value is -3.40. The second-order valence-electron chi connectivity index (χ2n) is 8.38. The average Bonchev–Trinajstić information content (AvgIpc) is 2.66. The molecule has 0 bridgehead atoms. The fourth-order valence-electron chi connectivity index (χ4n) is 5.03. The molecule has 3 aliphatic carbocycles. The van der Waals surface area contributed by atoms with Crippen LogP contribution in [0.2, 0.25) is 0 Å². The number of nitrogens with zero attached hydrogens (tertiary/aromatic N) is 1. The minimum Gasteiger partial charge on any atom is -0.511 e. The predicted molar refractivity (Wildman–Crippen MR) is 105 cm³/mol. The zero-order valence-electron chi connectivity index (χ0n) is 16.8. The number of phenols is 1. The van der Waals surface area contributed by atoms with E-state index in [1.807, 2.05) is 0 Å². The van der Waals surface area contributed by atoms with E-state index >= 15 is 0 Å². The molecule has 164 valence electrons. The second kappa shape index (κ2) is 6.55. The maximum Gasteiger partial charge on any atom is 0.255 e. The number of carbonyl (C=O) groups excluding carboxylic acids is 3. The molecular weight excluding hydrogens is 411 g/mol. The summed E-state index contributed by atoms with van der Waals surface area (Å²) in [7, 11) is 3.29. The molecule has 9 nitrogen and oxygen atoms in total. The van der Waals surface area contributed by atoms with Crippen LogP contribution < -0.4 is 10.6 Å². The van der Waals surface area contributed by atoms with Crippen LogP contribution in [0.25, 0.3) is 0 Å². The molecule has 0 radical (unpaired) electrons. The van der Waals surface area contributed by atoms with Crippen molar-refractivity contribution in [3.8, 4) is 5.75 Å². The molecule has 31 heavy (non-hydrogen) atoms. The highest BCUT2D eigenvalue weighted by atomic mass is 19.1. The highest BCUT2D eigenvalue weighted by molar-refractivity contribution is 6.24. The fraction of sp³-hybridized carbons (Fsp3) is 0.381. The number of hydrogen-bond acceptors (Lipinski definition) is 8. The molecule has 0 fully saturated rings. The van der Waals surface area contributed by atoms with Gasteiger partial charge in [-0.3, -0.25) is 14.4 Å². The third kappa shape index (κ3) is 2.61. The summed E-state index contributed by atoms with van der Waals surface area (Å²) in [5.74, 6) is -8.62. The Kier molecular flexibility index (Phi) is 4.40. The largest absolute Gasteiger partial charge is 0.511 e. The number of aromatic hydroxyl groups is 1. The van der Waals surface area contributed by atoms with E-state index in [9.17, 15) is 39.2 Å². The van der Waals surface area contributed by atoms with E-state index in [4.69, 9.17) is 5.73 Å². The SMILES string of the molecule is CN(C)c1cc(F)c(O)c2c1CC1C[C@H]3CC(O)=C(C(N)=O)C(=O)[C@@]3(O)C(O)=C1C2=O. The van der Waals surface area contributed by atoms with Crippen molar-refractivity contribution in [2.75, 3.05) is 19.0 Å². The molecule has 1 aromatic carbocycles. The molecule has 4 rings (SSSR count). The molecule has 0 saturated carbocycles. The minimum atomic E-state index is -2.64. The van der Waals surface area contributed by atoms with Crippen molar-refractivity contribution in [3.63, 3.8) is 0 Å². The number of aliphatic hydroxyl groups excluding tert-OH is 2. The van der Waals surface area contributed by atoms with Gasteiger partial charge in [-0.15, -0.1) is 0 Å². The Bertz CT molecular complexity index is 1140. The van der Waals surface area contributed by atoms with Gasteiger partial charge in [-0.2, -0.15) is 0 Å². The molecule has 0 aliphatic heterocycles. The Morgan fingerprint density at radius 1 is 1.23 bits per heavy atom. The van der Waals surface area contributed by atoms with Crippen LogP contribution in [0, 0.1) is 17.7 Å². The quantitative estimate of drug-likeness (QED) is 0.429. The number of hydrogen-bond donors (Lipinski definition) is 5. The van der Waals surface area contributed by atoms with E-state index in [1.165, 1.54) is 0 Å². The number of Topliss-reactive ketones (excluding diaryl/α,β-unsaturated/α-hetero) is 2. The number of amides is 1. The molecule has 6 N–H and O–H groups in total. The van der Waals surface area contributed by atoms with Crippen LogP contribution in [0.15, 0.2) is 28.7 Å². The van der Waals surface area contributed by atoms with Crippen LogP contribution in [-0.4, -0.2) is 57.6 Å². The number of nitrogens with two attached hydrogens (primary N) is 1. The lowest BCUT2D eigenvalue weighted by Crippen LogP contribution is -2.57. The lowest BCUT2D eigenvalue weighted by atomic mass is 9.60. The number of primary amides is 1. The van der Waals surface area contributed by atoms with E-state index in [1.54, 1.807) is 19.0 Å². The second-order valence-corrected chi connectivity index (χ2v) is 8.38. The highest BCUT2D eigenvalue weighted by Gasteiger charge is 2.59. The number of anilines is 1. The molecule has 0 aromatic heterocycles. The summed E-state index contributed by atoms with van der Waals surface area (Å²) in [4.78, 5) is 39.3. The fourth-order valence-corrected chi connectivity index (χ4v) is 5.03. The van der Waals surface area contributed by atoms with Gasteiger partial charge in [0.2, 0.25) is 5.78 Å². The zero-order chi connectivity index (χ0) is 23.0. The minimum absolute atomic E-state index is 0.0217. The van der Waals surface area contributed by atoms with Gasteiger partial charge >= 0.3 is 0 Å². The summed E-state index contributed by atoms with van der Waals surface area (Å²) in [5.41, 5.74) is 1.75. The number of carbonyl (C=O) groups is 3. The van der Waals surface area contributed by atoms with Crippen LogP contribution in [0.4, 0.5) is 10.1 Å². The molecule has 10 heteroatoms. The number of benzene rings is 1. The van der Waals surface area contributed by atoms with Crippen molar-refractivity contribution in [2.24, 2.45) is 17.6 Å². The molecular formula is C21H21FN2O7. The van der Waals surface area contributed by atoms with Gasteiger partial charge in [-0.1, -0.05) is 0 Å². The maximum absolute atomic E-state index is 14.3. The lowest BCUT2D eigenvalue weighted by Gasteiger charge is -2.45. The maximum atomic E-state index is 14.3. The van der Waals surface area contributed by atoms with Crippen LogP contribution in [0.5, 0.6) is 5.75 Å². The van der Waals surface area contributed by atoms with Gasteiger partial charge in [0.05, 0.1) is 5.56 Å². The van der Waals surface area contributed by atoms with Gasteiger partial charge in [0.1, 0.15) is 17.1 Å². The van der Waals surface area contributed by atoms with Crippen LogP contribution in [-0.2, 0) is 16.0 Å². The molecule has 0 heterocycles. The Balaban J connectivity index is 1.94. The van der Waals surface area contributed by atoms with Crippen molar-refractivity contribution in [1.82, 2.24) is 0 Å². The summed E-state index contributed by atoms with van der Waals surface area (Å²) in [6.45, 7) is 0. The Morgan fingerprint density at radius 2 is 1.87 bits per heavy atom. The highest BCUT2D eigenvalue weighted by Crippen LogP contribution is 2.52. The third-order valence-electron chi connectivity index (χ3n) is 6.47. The summed E-state index contributed by atoms with van der Waals surface area (Å²) >= 11 is 0. The van der Waals surface area contributed by atoms with Crippen LogP contribution in [0.3, 0.4) is 0 Å². The van der Waals surface area contributed by atoms with E-state index in [0.717, 1.165) is 6.07 Å². The molecule has 1 amide bonds. The van der Waals surface area contributed by atoms with Gasteiger partial charge in [0.25, 0.3) is 5.91 Å². The first-order valence-corrected chi connectivity index (χ1v) is 9.60. The number of phenolic OH excluding ortho intramolecular Hbond substituents is 1. The molecule has 3 atom stereocenters. The third-order valence-corrected chi connectivity index (χ3v) is 6.47. The van der Waals surface area contributed by atoms with Crippen molar-refractivity contribution < 1.29 is 39.2 Å². The smallest absolute Gasteiger partial charge is 0.255 e. The van der Waals surface area contributed by atoms with E-state index in [0.29, 0.717) is 11.3 Å². The first kappa shape index (κ1) is 20.9. The first-order chi connectivity index (χ1) is 14.4. The van der Waals surface area contributed by atoms with Crippen molar-refractivity contribution in [3.05, 3.63) is 45.7 Å². The summed E-state index contributed by atoms with van der Waals surface area (Å²) in [6.07, 6.45) is -0.158. The lowest BCUT2D eigenvalue weighted by molar-refractivity contribution is -0.144. The van der Waals surface area contributed by atoms with Gasteiger partial charge < -0.3 is 31.1 Å². The number of halogens is 1. The average molecular weight is 432 g/mol. The van der Waals surface area contributed by atoms with Gasteiger partial charge in [0.15, 0.2) is 23.0 Å². The number of fused-ring (bicyclic) bond motifs is 3. The summed E-state index contributed by atoms with van der Waals surface area (Å²) < 4.78 is 14.3. The van der Waals surface area contributed by atoms with Gasteiger partial charge in [-0.25, -0.2) is 4.39 Å². The molecule has 0 saturated heterocycles. The van der Waals surface area contributed by atoms with Crippen molar-refractivity contribution >= 4 is 23.2 Å². The normalized spacial score (nSPS) is 27.6. The number of rotatable bonds is 2. The number of ketones is 2. The molecule has 1 unspecified atom stereocenters. The molecule has 3 aliphatic rings. The van der Waals surface area contributed by atoms with Crippen molar-refractivity contribution in [1.29, 1.82) is 0 Å². The summed E-state index contributed by atoms with van der Waals surface area (Å²) in [5, 5.41) is 42.4. The zero-order valence-corrected chi connectivity index (χ0v) is 16.8. The van der Waals surface area contributed by atoms with Gasteiger partial charge in [-0.05, 0) is 24.3 Å². The Morgan fingerprint density at radius 3 is 2.45 bits per heavy atom. The predicted octanol–water partition coefficient (Wildman–Crippen LogP) is 0.786. The number of aliphatic hydroxyl groups is 3. The Labute approximate surface area is 175 Å². The van der Waals surface area contributed by atoms with Crippen LogP contribution >= 0.6 is 0 Å². The topological polar surface area (TPSA) is 161 Å². The number of allylic oxidation sites excluding steroid dienone is 2. The first-order valence-electron chi connectivity index (χ1n) is 9.60. The monoisotopic (exact) mass is 432 g/mol. The molecule has 1 aromatic rings. The van der Waals surface area contributed by atoms with E-state index < -0.39 is 63.6 Å². The van der Waals surface area contributed by atoms with E-state index in [-0.39, 0.29) is 30.4 Å².